The van der Waals surface area contributed by atoms with Gasteiger partial charge in [-0.05, 0) is 106 Å². The fraction of sp³-hybridized carbons (Fsp3) is 0.455. The summed E-state index contributed by atoms with van der Waals surface area (Å²) in [6.45, 7) is 7.95. The average Bonchev–Trinajstić information content (AvgIpc) is 3.21. The summed E-state index contributed by atoms with van der Waals surface area (Å²) in [5.74, 6) is 0.229. The lowest BCUT2D eigenvalue weighted by molar-refractivity contribution is -0.133. The van der Waals surface area contributed by atoms with Crippen LogP contribution in [0.2, 0.25) is 0 Å². The van der Waals surface area contributed by atoms with Gasteiger partial charge in [0, 0.05) is 76.3 Å². The number of carbonyl (C=O) groups excluding carboxylic acids is 2. The Morgan fingerprint density at radius 2 is 1.65 bits per heavy atom. The van der Waals surface area contributed by atoms with Crippen molar-refractivity contribution in [2.45, 2.75) is 57.4 Å². The SMILES string of the molecule is COc1cc(N2CCC(CN3CCC(c4cc(N5CCN(C)c6ccc(C#N)cc65)c5cc(C)c(=O)n(C)c5c4)CC3)CC2)c(F)cc1NC1CCC(=O)NC1=O. The zero-order chi connectivity index (χ0) is 40.0. The van der Waals surface area contributed by atoms with Crippen LogP contribution >= 0.6 is 0 Å². The third-order valence-electron chi connectivity index (χ3n) is 12.6. The molecule has 4 aliphatic heterocycles. The lowest BCUT2D eigenvalue weighted by Crippen LogP contribution is -2.47. The number of likely N-dealkylation sites (tertiary alicyclic amines) is 1. The molecule has 4 aliphatic rings. The summed E-state index contributed by atoms with van der Waals surface area (Å²) in [7, 11) is 5.49. The maximum absolute atomic E-state index is 15.6. The van der Waals surface area contributed by atoms with Crippen molar-refractivity contribution in [1.82, 2.24) is 14.8 Å². The van der Waals surface area contributed by atoms with Crippen LogP contribution in [-0.2, 0) is 16.6 Å². The van der Waals surface area contributed by atoms with Crippen LogP contribution in [0.5, 0.6) is 5.75 Å². The molecule has 12 nitrogen and oxygen atoms in total. The number of anilines is 5. The molecule has 57 heavy (non-hydrogen) atoms. The number of methoxy groups -OCH3 is 1. The number of hydrogen-bond acceptors (Lipinski definition) is 10. The van der Waals surface area contributed by atoms with Crippen LogP contribution in [0.3, 0.4) is 0 Å². The number of fused-ring (bicyclic) bond motifs is 2. The molecule has 2 N–H and O–H groups in total. The van der Waals surface area contributed by atoms with Crippen molar-refractivity contribution >= 4 is 51.2 Å². The number of nitriles is 1. The lowest BCUT2D eigenvalue weighted by atomic mass is 9.87. The molecule has 0 aliphatic carbocycles. The average molecular weight is 775 g/mol. The first-order valence-electron chi connectivity index (χ1n) is 20.1. The van der Waals surface area contributed by atoms with E-state index in [2.05, 4.69) is 55.5 Å². The summed E-state index contributed by atoms with van der Waals surface area (Å²) in [6.07, 6.45) is 4.52. The van der Waals surface area contributed by atoms with Gasteiger partial charge in [-0.3, -0.25) is 19.7 Å². The number of rotatable bonds is 8. The van der Waals surface area contributed by atoms with E-state index in [4.69, 9.17) is 4.74 Å². The van der Waals surface area contributed by atoms with Gasteiger partial charge in [0.25, 0.3) is 5.56 Å². The summed E-state index contributed by atoms with van der Waals surface area (Å²) in [6, 6.07) is 17.3. The number of aryl methyl sites for hydroxylation is 2. The zero-order valence-electron chi connectivity index (χ0n) is 33.2. The third kappa shape index (κ3) is 7.50. The Morgan fingerprint density at radius 1 is 0.877 bits per heavy atom. The van der Waals surface area contributed by atoms with E-state index < -0.39 is 11.9 Å². The molecule has 3 saturated heterocycles. The van der Waals surface area contributed by atoms with Crippen molar-refractivity contribution in [3.8, 4) is 11.8 Å². The molecule has 0 bridgehead atoms. The summed E-state index contributed by atoms with van der Waals surface area (Å²) in [5, 5.41) is 16.2. The van der Waals surface area contributed by atoms with Crippen molar-refractivity contribution in [2.24, 2.45) is 13.0 Å². The highest BCUT2D eigenvalue weighted by molar-refractivity contribution is 6.01. The normalized spacial score (nSPS) is 19.7. The van der Waals surface area contributed by atoms with E-state index in [9.17, 15) is 19.6 Å². The summed E-state index contributed by atoms with van der Waals surface area (Å²) >= 11 is 0. The van der Waals surface area contributed by atoms with Crippen LogP contribution in [-0.4, -0.2) is 87.3 Å². The van der Waals surface area contributed by atoms with Gasteiger partial charge >= 0.3 is 0 Å². The highest BCUT2D eigenvalue weighted by atomic mass is 19.1. The van der Waals surface area contributed by atoms with Crippen molar-refractivity contribution < 1.29 is 18.7 Å². The molecular formula is C44H51FN8O4. The Morgan fingerprint density at radius 3 is 2.37 bits per heavy atom. The number of hydrogen-bond donors (Lipinski definition) is 2. The van der Waals surface area contributed by atoms with E-state index in [0.29, 0.717) is 46.5 Å². The number of halogens is 1. The van der Waals surface area contributed by atoms with Gasteiger partial charge in [0.05, 0.1) is 52.7 Å². The van der Waals surface area contributed by atoms with Crippen LogP contribution in [0.1, 0.15) is 61.1 Å². The van der Waals surface area contributed by atoms with Gasteiger partial charge in [-0.25, -0.2) is 4.39 Å². The van der Waals surface area contributed by atoms with E-state index in [1.807, 2.05) is 38.2 Å². The molecule has 5 heterocycles. The smallest absolute Gasteiger partial charge is 0.253 e. The molecule has 1 aromatic heterocycles. The number of pyridine rings is 1. The number of nitrogens with zero attached hydrogens (tertiary/aromatic N) is 6. The van der Waals surface area contributed by atoms with Crippen molar-refractivity contribution in [3.05, 3.63) is 81.4 Å². The summed E-state index contributed by atoms with van der Waals surface area (Å²) in [4.78, 5) is 46.3. The molecule has 0 radical (unpaired) electrons. The van der Waals surface area contributed by atoms with Crippen LogP contribution in [0.4, 0.5) is 32.8 Å². The standard InChI is InChI=1S/C44H51FN8O4/c1-27-19-32-37(50(3)44(27)56)21-31(22-38(32)53-18-17-49(2)36-7-5-29(25-46)20-40(36)53)30-11-13-51(14-12-30)26-28-9-15-52(16-10-28)39-24-41(57-4)35(23-33(39)45)47-34-6-8-42(54)48-43(34)55/h5,7,19-24,28,30,34,47H,6,8-18,26H2,1-4H3,(H,48,54,55). The van der Waals surface area contributed by atoms with Gasteiger partial charge in [-0.15, -0.1) is 0 Å². The lowest BCUT2D eigenvalue weighted by Gasteiger charge is -2.39. The number of benzene rings is 3. The first-order valence-corrected chi connectivity index (χ1v) is 20.1. The highest BCUT2D eigenvalue weighted by Crippen LogP contribution is 2.43. The van der Waals surface area contributed by atoms with E-state index in [1.165, 1.54) is 18.7 Å². The molecule has 0 saturated carbocycles. The molecule has 0 spiro atoms. The summed E-state index contributed by atoms with van der Waals surface area (Å²) in [5.41, 5.74) is 7.58. The monoisotopic (exact) mass is 774 g/mol. The van der Waals surface area contributed by atoms with Crippen molar-refractivity contribution in [3.63, 3.8) is 0 Å². The van der Waals surface area contributed by atoms with Gasteiger partial charge in [-0.2, -0.15) is 5.26 Å². The van der Waals surface area contributed by atoms with Crippen LogP contribution < -0.4 is 35.6 Å². The largest absolute Gasteiger partial charge is 0.495 e. The predicted molar refractivity (Wildman–Crippen MR) is 221 cm³/mol. The van der Waals surface area contributed by atoms with E-state index in [0.717, 1.165) is 99.5 Å². The molecule has 13 heteroatoms. The molecule has 8 rings (SSSR count). The summed E-state index contributed by atoms with van der Waals surface area (Å²) < 4.78 is 23.0. The minimum Gasteiger partial charge on any atom is -0.495 e. The third-order valence-corrected chi connectivity index (χ3v) is 12.6. The maximum atomic E-state index is 15.6. The van der Waals surface area contributed by atoms with Gasteiger partial charge in [0.2, 0.25) is 11.8 Å². The first kappa shape index (κ1) is 38.3. The number of ether oxygens (including phenoxy) is 1. The number of nitrogens with one attached hydrogen (secondary N) is 2. The molecular weight excluding hydrogens is 724 g/mol. The minimum absolute atomic E-state index is 0.0117. The second kappa shape index (κ2) is 15.7. The number of imide groups is 1. The van der Waals surface area contributed by atoms with Gasteiger partial charge in [0.15, 0.2) is 0 Å². The number of likely N-dealkylation sites (N-methyl/N-ethyl adjacent to an activating group) is 1. The van der Waals surface area contributed by atoms with Crippen LogP contribution in [0.25, 0.3) is 10.9 Å². The Balaban J connectivity index is 0.935. The molecule has 4 aromatic rings. The molecule has 3 fully saturated rings. The number of carbonyl (C=O) groups is 2. The zero-order valence-corrected chi connectivity index (χ0v) is 33.2. The van der Waals surface area contributed by atoms with E-state index in [1.54, 1.807) is 10.6 Å². The van der Waals surface area contributed by atoms with Crippen LogP contribution in [0, 0.1) is 30.0 Å². The van der Waals surface area contributed by atoms with Gasteiger partial charge in [-0.1, -0.05) is 0 Å². The number of amides is 2. The van der Waals surface area contributed by atoms with Gasteiger partial charge < -0.3 is 34.2 Å². The number of aromatic nitrogens is 1. The van der Waals surface area contributed by atoms with E-state index >= 15 is 4.39 Å². The second-order valence-electron chi connectivity index (χ2n) is 16.2. The predicted octanol–water partition coefficient (Wildman–Crippen LogP) is 5.77. The molecule has 2 amide bonds. The Bertz CT molecular complexity index is 2320. The maximum Gasteiger partial charge on any atom is 0.253 e. The fourth-order valence-electron chi connectivity index (χ4n) is 9.31. The highest BCUT2D eigenvalue weighted by Gasteiger charge is 2.31. The Labute approximate surface area is 332 Å². The van der Waals surface area contributed by atoms with Crippen LogP contribution in [0.15, 0.2) is 53.3 Å². The molecule has 298 valence electrons. The molecule has 3 aromatic carbocycles. The van der Waals surface area contributed by atoms with Gasteiger partial charge in [0.1, 0.15) is 17.6 Å². The molecule has 1 atom stereocenters. The second-order valence-corrected chi connectivity index (χ2v) is 16.2. The molecule has 1 unspecified atom stereocenters. The first-order chi connectivity index (χ1) is 27.5. The van der Waals surface area contributed by atoms with Crippen molar-refractivity contribution in [1.29, 1.82) is 5.26 Å². The van der Waals surface area contributed by atoms with E-state index in [-0.39, 0.29) is 23.7 Å². The fourth-order valence-corrected chi connectivity index (χ4v) is 9.31. The quantitative estimate of drug-likeness (QED) is 0.213. The van der Waals surface area contributed by atoms with Crippen molar-refractivity contribution in [2.75, 3.05) is 80.0 Å². The Kier molecular flexibility index (Phi) is 10.6. The topological polar surface area (TPSA) is 126 Å². The number of piperidine rings is 3. The Hall–Kier alpha value is -5.61. The minimum atomic E-state index is -0.632.